The molecule has 24 heavy (non-hydrogen) atoms. The van der Waals surface area contributed by atoms with Gasteiger partial charge >= 0.3 is 0 Å². The summed E-state index contributed by atoms with van der Waals surface area (Å²) in [6.07, 6.45) is 0. The minimum atomic E-state index is 0. The van der Waals surface area contributed by atoms with Crippen LogP contribution in [0.25, 0.3) is 0 Å². The fraction of sp³-hybridized carbons (Fsp3) is 0.350. The number of aliphatic imine (C=N–C) groups is 1. The van der Waals surface area contributed by atoms with Crippen LogP contribution in [-0.4, -0.2) is 19.0 Å². The zero-order valence-electron chi connectivity index (χ0n) is 14.5. The van der Waals surface area contributed by atoms with Gasteiger partial charge in [0.2, 0.25) is 5.96 Å². The van der Waals surface area contributed by atoms with Crippen molar-refractivity contribution in [1.29, 1.82) is 0 Å². The van der Waals surface area contributed by atoms with Crippen molar-refractivity contribution < 1.29 is 0 Å². The molecule has 0 unspecified atom stereocenters. The number of hydrogen-bond donors (Lipinski definition) is 0. The average molecular weight is 386 g/mol. The molecule has 4 rings (SSSR count). The summed E-state index contributed by atoms with van der Waals surface area (Å²) in [5, 5.41) is 0. The first-order valence-electron chi connectivity index (χ1n) is 8.32. The van der Waals surface area contributed by atoms with E-state index in [1.165, 1.54) is 22.5 Å². The van der Waals surface area contributed by atoms with Gasteiger partial charge in [-0.2, -0.15) is 0 Å². The molecule has 0 aromatic heterocycles. The van der Waals surface area contributed by atoms with Crippen LogP contribution >= 0.6 is 17.0 Å². The first-order valence-corrected chi connectivity index (χ1v) is 8.32. The average Bonchev–Trinajstić information content (AvgIpc) is 3.10. The molecule has 0 N–H and O–H groups in total. The molecule has 2 aromatic carbocycles. The summed E-state index contributed by atoms with van der Waals surface area (Å²) < 4.78 is 0. The lowest BCUT2D eigenvalue weighted by Crippen LogP contribution is -2.34. The maximum absolute atomic E-state index is 4.72. The van der Waals surface area contributed by atoms with Crippen LogP contribution in [0, 0.1) is 0 Å². The molecule has 126 valence electrons. The van der Waals surface area contributed by atoms with Crippen LogP contribution in [0.2, 0.25) is 0 Å². The minimum Gasteiger partial charge on any atom is -0.308 e. The summed E-state index contributed by atoms with van der Waals surface area (Å²) in [6.45, 7) is 9.52. The maximum Gasteiger partial charge on any atom is 0.206 e. The van der Waals surface area contributed by atoms with Gasteiger partial charge in [0, 0.05) is 6.54 Å². The number of rotatable bonds is 2. The molecule has 0 amide bonds. The number of guanidine groups is 1. The van der Waals surface area contributed by atoms with Crippen molar-refractivity contribution in [3.63, 3.8) is 0 Å². The molecular weight excluding hydrogens is 362 g/mol. The second-order valence-electron chi connectivity index (χ2n) is 7.36. The van der Waals surface area contributed by atoms with E-state index in [9.17, 15) is 0 Å². The van der Waals surface area contributed by atoms with Gasteiger partial charge in [0.25, 0.3) is 0 Å². The van der Waals surface area contributed by atoms with Gasteiger partial charge in [0.15, 0.2) is 0 Å². The molecule has 0 saturated carbocycles. The van der Waals surface area contributed by atoms with E-state index in [2.05, 4.69) is 79.1 Å². The lowest BCUT2D eigenvalue weighted by Gasteiger charge is -2.22. The smallest absolute Gasteiger partial charge is 0.206 e. The fourth-order valence-electron chi connectivity index (χ4n) is 3.37. The van der Waals surface area contributed by atoms with Gasteiger partial charge in [-0.05, 0) is 28.7 Å². The largest absolute Gasteiger partial charge is 0.308 e. The lowest BCUT2D eigenvalue weighted by molar-refractivity contribution is 0.590. The summed E-state index contributed by atoms with van der Waals surface area (Å²) in [5.74, 6) is 1.10. The number of fused-ring (bicyclic) bond motifs is 3. The molecule has 0 aliphatic carbocycles. The molecule has 2 aliphatic heterocycles. The van der Waals surface area contributed by atoms with Crippen LogP contribution in [0.15, 0.2) is 53.5 Å². The number of nitrogens with zero attached hydrogens (tertiary/aromatic N) is 3. The van der Waals surface area contributed by atoms with E-state index < -0.39 is 0 Å². The van der Waals surface area contributed by atoms with Gasteiger partial charge in [-0.3, -0.25) is 4.99 Å². The van der Waals surface area contributed by atoms with Crippen LogP contribution in [-0.2, 0) is 12.0 Å². The third-order valence-corrected chi connectivity index (χ3v) is 4.68. The van der Waals surface area contributed by atoms with Gasteiger partial charge in [-0.1, -0.05) is 57.2 Å². The molecule has 0 bridgehead atoms. The van der Waals surface area contributed by atoms with E-state index in [4.69, 9.17) is 4.99 Å². The molecule has 0 saturated heterocycles. The number of benzene rings is 2. The third-order valence-electron chi connectivity index (χ3n) is 4.68. The Morgan fingerprint density at radius 2 is 1.62 bits per heavy atom. The summed E-state index contributed by atoms with van der Waals surface area (Å²) >= 11 is 0. The predicted molar refractivity (Wildman–Crippen MR) is 108 cm³/mol. The monoisotopic (exact) mass is 385 g/mol. The second kappa shape index (κ2) is 6.25. The molecule has 2 aromatic rings. The quantitative estimate of drug-likeness (QED) is 0.741. The number of para-hydroxylation sites is 2. The minimum absolute atomic E-state index is 0. The van der Waals surface area contributed by atoms with Crippen molar-refractivity contribution >= 4 is 34.3 Å². The Bertz CT molecular complexity index is 759. The highest BCUT2D eigenvalue weighted by atomic mass is 79.9. The normalized spacial score (nSPS) is 15.7. The molecule has 3 nitrogen and oxygen atoms in total. The van der Waals surface area contributed by atoms with Crippen molar-refractivity contribution in [2.45, 2.75) is 32.7 Å². The Kier molecular flexibility index (Phi) is 4.43. The summed E-state index contributed by atoms with van der Waals surface area (Å²) in [5.41, 5.74) is 5.46. The van der Waals surface area contributed by atoms with E-state index in [1.54, 1.807) is 0 Å². The number of halogens is 1. The van der Waals surface area contributed by atoms with Crippen molar-refractivity contribution in [3.8, 4) is 0 Å². The molecule has 0 fully saturated rings. The van der Waals surface area contributed by atoms with E-state index in [0.29, 0.717) is 0 Å². The van der Waals surface area contributed by atoms with Crippen LogP contribution in [0.4, 0.5) is 11.4 Å². The Balaban J connectivity index is 0.00000169. The summed E-state index contributed by atoms with van der Waals surface area (Å²) in [7, 11) is 0. The topological polar surface area (TPSA) is 18.8 Å². The van der Waals surface area contributed by atoms with Crippen molar-refractivity contribution in [1.82, 2.24) is 0 Å². The Hall–Kier alpha value is -1.81. The van der Waals surface area contributed by atoms with Crippen molar-refractivity contribution in [2.75, 3.05) is 22.9 Å². The molecule has 2 heterocycles. The number of anilines is 2. The van der Waals surface area contributed by atoms with Gasteiger partial charge in [0.05, 0.1) is 24.5 Å². The van der Waals surface area contributed by atoms with Crippen molar-refractivity contribution in [2.24, 2.45) is 4.99 Å². The van der Waals surface area contributed by atoms with Crippen LogP contribution < -0.4 is 9.80 Å². The highest BCUT2D eigenvalue weighted by molar-refractivity contribution is 8.93. The van der Waals surface area contributed by atoms with E-state index >= 15 is 0 Å². The standard InChI is InChI=1S/C20H23N3.BrH/c1-20(2,3)16-10-8-15(9-11-16)14-23-18-7-5-4-6-17(18)22-13-12-21-19(22)23;/h4-11H,12-14H2,1-3H3;1H. The Morgan fingerprint density at radius 1 is 0.958 bits per heavy atom. The second-order valence-corrected chi connectivity index (χ2v) is 7.36. The summed E-state index contributed by atoms with van der Waals surface area (Å²) in [6, 6.07) is 17.6. The number of hydrogen-bond acceptors (Lipinski definition) is 3. The highest BCUT2D eigenvalue weighted by Gasteiger charge is 2.34. The SMILES string of the molecule is Br.CC(C)(C)c1ccc(CN2C3=NCCN3c3ccccc32)cc1. The molecule has 4 heteroatoms. The van der Waals surface area contributed by atoms with Crippen LogP contribution in [0.3, 0.4) is 0 Å². The Morgan fingerprint density at radius 3 is 2.29 bits per heavy atom. The molecular formula is C20H24BrN3. The summed E-state index contributed by atoms with van der Waals surface area (Å²) in [4.78, 5) is 9.39. The van der Waals surface area contributed by atoms with Crippen LogP contribution in [0.5, 0.6) is 0 Å². The maximum atomic E-state index is 4.72. The first-order chi connectivity index (χ1) is 11.0. The predicted octanol–water partition coefficient (Wildman–Crippen LogP) is 4.76. The lowest BCUT2D eigenvalue weighted by atomic mass is 9.87. The molecule has 0 radical (unpaired) electrons. The zero-order valence-corrected chi connectivity index (χ0v) is 16.2. The van der Waals surface area contributed by atoms with Gasteiger partial charge in [-0.15, -0.1) is 17.0 Å². The van der Waals surface area contributed by atoms with E-state index in [-0.39, 0.29) is 22.4 Å². The third kappa shape index (κ3) is 2.84. The van der Waals surface area contributed by atoms with Gasteiger partial charge in [0.1, 0.15) is 0 Å². The van der Waals surface area contributed by atoms with E-state index in [0.717, 1.165) is 25.6 Å². The van der Waals surface area contributed by atoms with Gasteiger partial charge in [-0.25, -0.2) is 0 Å². The van der Waals surface area contributed by atoms with E-state index in [1.807, 2.05) is 0 Å². The zero-order chi connectivity index (χ0) is 16.0. The van der Waals surface area contributed by atoms with Gasteiger partial charge < -0.3 is 9.80 Å². The van der Waals surface area contributed by atoms with Crippen LogP contribution in [0.1, 0.15) is 31.9 Å². The fourth-order valence-corrected chi connectivity index (χ4v) is 3.37. The van der Waals surface area contributed by atoms with Crippen molar-refractivity contribution in [3.05, 3.63) is 59.7 Å². The molecule has 2 aliphatic rings. The molecule has 0 spiro atoms. The first kappa shape index (κ1) is 17.0. The Labute approximate surface area is 154 Å². The molecule has 0 atom stereocenters. The highest BCUT2D eigenvalue weighted by Crippen LogP contribution is 2.39.